The van der Waals surface area contributed by atoms with Gasteiger partial charge < -0.3 is 16.6 Å². The van der Waals surface area contributed by atoms with Crippen molar-refractivity contribution in [1.82, 2.24) is 0 Å². The Morgan fingerprint density at radius 1 is 1.47 bits per heavy atom. The first-order chi connectivity index (χ1) is 7.00. The molecule has 82 valence electrons. The molecular weight excluding hydrogens is 199 g/mol. The summed E-state index contributed by atoms with van der Waals surface area (Å²) in [6, 6.07) is 4.15. The van der Waals surface area contributed by atoms with Gasteiger partial charge in [-0.25, -0.2) is 4.39 Å². The zero-order valence-electron chi connectivity index (χ0n) is 8.06. The van der Waals surface area contributed by atoms with Gasteiger partial charge in [0.1, 0.15) is 11.9 Å². The minimum atomic E-state index is -1.11. The van der Waals surface area contributed by atoms with Gasteiger partial charge in [-0.3, -0.25) is 4.79 Å². The van der Waals surface area contributed by atoms with E-state index in [4.69, 9.17) is 16.6 Å². The summed E-state index contributed by atoms with van der Waals surface area (Å²) in [6.07, 6.45) is 0.0821. The molecule has 2 unspecified atom stereocenters. The number of nitrogens with two attached hydrogens (primary N) is 2. The Morgan fingerprint density at radius 2 is 2.13 bits per heavy atom. The quantitative estimate of drug-likeness (QED) is 0.682. The highest BCUT2D eigenvalue weighted by atomic mass is 19.1. The van der Waals surface area contributed by atoms with Crippen LogP contribution in [0.25, 0.3) is 0 Å². The maximum Gasteiger partial charge on any atom is 0.320 e. The molecular formula is C10H13FN2O2. The van der Waals surface area contributed by atoms with Gasteiger partial charge in [0, 0.05) is 6.04 Å². The van der Waals surface area contributed by atoms with Crippen LogP contribution in [0.5, 0.6) is 0 Å². The van der Waals surface area contributed by atoms with Crippen molar-refractivity contribution in [2.24, 2.45) is 11.5 Å². The third-order valence-corrected chi connectivity index (χ3v) is 2.10. The first-order valence-corrected chi connectivity index (χ1v) is 4.50. The Kier molecular flexibility index (Phi) is 3.76. The number of carbonyl (C=O) groups is 1. The Hall–Kier alpha value is -1.46. The summed E-state index contributed by atoms with van der Waals surface area (Å²) in [5.74, 6) is -1.51. The molecule has 0 aromatic heterocycles. The highest BCUT2D eigenvalue weighted by Gasteiger charge is 2.17. The van der Waals surface area contributed by atoms with Crippen LogP contribution < -0.4 is 11.5 Å². The van der Waals surface area contributed by atoms with Crippen molar-refractivity contribution in [1.29, 1.82) is 0 Å². The molecule has 0 fully saturated rings. The fourth-order valence-corrected chi connectivity index (χ4v) is 1.25. The van der Waals surface area contributed by atoms with Gasteiger partial charge in [0.15, 0.2) is 0 Å². The average molecular weight is 212 g/mol. The molecule has 4 nitrogen and oxygen atoms in total. The molecule has 0 aliphatic carbocycles. The van der Waals surface area contributed by atoms with Crippen molar-refractivity contribution in [2.75, 3.05) is 0 Å². The molecule has 2 atom stereocenters. The lowest BCUT2D eigenvalue weighted by Crippen LogP contribution is -2.33. The van der Waals surface area contributed by atoms with Crippen LogP contribution in [0.3, 0.4) is 0 Å². The van der Waals surface area contributed by atoms with Gasteiger partial charge in [-0.2, -0.15) is 0 Å². The van der Waals surface area contributed by atoms with Crippen molar-refractivity contribution in [3.8, 4) is 0 Å². The Balaban J connectivity index is 2.68. The summed E-state index contributed by atoms with van der Waals surface area (Å²) < 4.78 is 12.8. The SMILES string of the molecule is NC(CC(N)c1cccc(F)c1)C(=O)O. The van der Waals surface area contributed by atoms with E-state index in [1.165, 1.54) is 18.2 Å². The Bertz CT molecular complexity index is 357. The molecule has 0 amide bonds. The lowest BCUT2D eigenvalue weighted by atomic mass is 10.0. The molecule has 5 N–H and O–H groups in total. The smallest absolute Gasteiger partial charge is 0.320 e. The fraction of sp³-hybridized carbons (Fsp3) is 0.300. The minimum absolute atomic E-state index is 0.0821. The standard InChI is InChI=1S/C10H13FN2O2/c11-7-3-1-2-6(4-7)8(12)5-9(13)10(14)15/h1-4,8-9H,5,12-13H2,(H,14,15). The number of benzene rings is 1. The first-order valence-electron chi connectivity index (χ1n) is 4.50. The number of halogens is 1. The van der Waals surface area contributed by atoms with E-state index in [-0.39, 0.29) is 6.42 Å². The molecule has 0 aliphatic heterocycles. The fourth-order valence-electron chi connectivity index (χ4n) is 1.25. The molecule has 0 bridgehead atoms. The molecule has 0 radical (unpaired) electrons. The summed E-state index contributed by atoms with van der Waals surface area (Å²) in [5, 5.41) is 8.58. The van der Waals surface area contributed by atoms with Crippen molar-refractivity contribution in [3.05, 3.63) is 35.6 Å². The number of hydrogen-bond donors (Lipinski definition) is 3. The van der Waals surface area contributed by atoms with E-state index in [2.05, 4.69) is 0 Å². The average Bonchev–Trinajstić information content (AvgIpc) is 2.17. The van der Waals surface area contributed by atoms with Crippen molar-refractivity contribution in [3.63, 3.8) is 0 Å². The van der Waals surface area contributed by atoms with Gasteiger partial charge in [0.25, 0.3) is 0 Å². The van der Waals surface area contributed by atoms with Gasteiger partial charge in [0.05, 0.1) is 0 Å². The highest BCUT2D eigenvalue weighted by molar-refractivity contribution is 5.73. The van der Waals surface area contributed by atoms with Crippen LogP contribution in [0, 0.1) is 5.82 Å². The molecule has 0 heterocycles. The predicted octanol–water partition coefficient (Wildman–Crippen LogP) is 0.627. The van der Waals surface area contributed by atoms with Gasteiger partial charge >= 0.3 is 5.97 Å². The molecule has 0 saturated carbocycles. The van der Waals surface area contributed by atoms with Crippen LogP contribution >= 0.6 is 0 Å². The van der Waals surface area contributed by atoms with Crippen LogP contribution in [-0.2, 0) is 4.79 Å². The van der Waals surface area contributed by atoms with Crippen LogP contribution in [0.15, 0.2) is 24.3 Å². The van der Waals surface area contributed by atoms with E-state index in [0.29, 0.717) is 5.56 Å². The summed E-state index contributed by atoms with van der Waals surface area (Å²) in [5.41, 5.74) is 11.6. The summed E-state index contributed by atoms with van der Waals surface area (Å²) in [6.45, 7) is 0. The monoisotopic (exact) mass is 212 g/mol. The second kappa shape index (κ2) is 4.86. The van der Waals surface area contributed by atoms with E-state index < -0.39 is 23.9 Å². The summed E-state index contributed by atoms with van der Waals surface area (Å²) in [4.78, 5) is 10.5. The zero-order chi connectivity index (χ0) is 11.4. The van der Waals surface area contributed by atoms with Gasteiger partial charge in [0.2, 0.25) is 0 Å². The highest BCUT2D eigenvalue weighted by Crippen LogP contribution is 2.16. The molecule has 15 heavy (non-hydrogen) atoms. The Morgan fingerprint density at radius 3 is 2.67 bits per heavy atom. The van der Waals surface area contributed by atoms with E-state index in [9.17, 15) is 9.18 Å². The predicted molar refractivity (Wildman–Crippen MR) is 53.6 cm³/mol. The summed E-state index contributed by atoms with van der Waals surface area (Å²) in [7, 11) is 0. The molecule has 5 heteroatoms. The Labute approximate surface area is 86.7 Å². The molecule has 1 aromatic carbocycles. The van der Waals surface area contributed by atoms with Gasteiger partial charge in [-0.15, -0.1) is 0 Å². The normalized spacial score (nSPS) is 14.6. The zero-order valence-corrected chi connectivity index (χ0v) is 8.06. The molecule has 0 spiro atoms. The largest absolute Gasteiger partial charge is 0.480 e. The van der Waals surface area contributed by atoms with Crippen molar-refractivity contribution >= 4 is 5.97 Å². The summed E-state index contributed by atoms with van der Waals surface area (Å²) >= 11 is 0. The maximum absolute atomic E-state index is 12.8. The minimum Gasteiger partial charge on any atom is -0.480 e. The molecule has 0 saturated heterocycles. The van der Waals surface area contributed by atoms with E-state index in [1.54, 1.807) is 6.07 Å². The topological polar surface area (TPSA) is 89.3 Å². The van der Waals surface area contributed by atoms with E-state index in [1.807, 2.05) is 0 Å². The number of carboxylic acid groups (broad SMARTS) is 1. The van der Waals surface area contributed by atoms with E-state index >= 15 is 0 Å². The third-order valence-electron chi connectivity index (χ3n) is 2.10. The first kappa shape index (κ1) is 11.6. The van der Waals surface area contributed by atoms with Crippen molar-refractivity contribution < 1.29 is 14.3 Å². The van der Waals surface area contributed by atoms with E-state index in [0.717, 1.165) is 0 Å². The lowest BCUT2D eigenvalue weighted by molar-refractivity contribution is -0.138. The number of carboxylic acids is 1. The maximum atomic E-state index is 12.8. The van der Waals surface area contributed by atoms with Gasteiger partial charge in [-0.05, 0) is 24.1 Å². The van der Waals surface area contributed by atoms with Crippen LogP contribution in [0.4, 0.5) is 4.39 Å². The second-order valence-electron chi connectivity index (χ2n) is 3.34. The molecule has 1 rings (SSSR count). The molecule has 1 aromatic rings. The number of aliphatic carboxylic acids is 1. The lowest BCUT2D eigenvalue weighted by Gasteiger charge is -2.14. The van der Waals surface area contributed by atoms with Crippen molar-refractivity contribution in [2.45, 2.75) is 18.5 Å². The number of hydrogen-bond acceptors (Lipinski definition) is 3. The van der Waals surface area contributed by atoms with Crippen LogP contribution in [-0.4, -0.2) is 17.1 Å². The molecule has 0 aliphatic rings. The second-order valence-corrected chi connectivity index (χ2v) is 3.34. The van der Waals surface area contributed by atoms with Crippen LogP contribution in [0.2, 0.25) is 0 Å². The third kappa shape index (κ3) is 3.30. The van der Waals surface area contributed by atoms with Gasteiger partial charge in [-0.1, -0.05) is 12.1 Å². The number of rotatable bonds is 4. The van der Waals surface area contributed by atoms with Crippen LogP contribution in [0.1, 0.15) is 18.0 Å².